The minimum absolute atomic E-state index is 0.0490. The Labute approximate surface area is 102 Å². The fraction of sp³-hybridized carbons (Fsp3) is 0.500. The summed E-state index contributed by atoms with van der Waals surface area (Å²) in [5.74, 6) is -0.0323. The maximum Gasteiger partial charge on any atom is 0.180 e. The first-order valence-corrected chi connectivity index (χ1v) is 6.15. The van der Waals surface area contributed by atoms with Gasteiger partial charge in [-0.15, -0.1) is 0 Å². The van der Waals surface area contributed by atoms with Gasteiger partial charge in [0.05, 0.1) is 12.1 Å². The number of carbonyl (C=O) groups excluding carboxylic acids is 1. The highest BCUT2D eigenvalue weighted by Crippen LogP contribution is 2.36. The normalized spacial score (nSPS) is 14.5. The lowest BCUT2D eigenvalue weighted by Crippen LogP contribution is -2.18. The zero-order valence-electron chi connectivity index (χ0n) is 10.5. The number of aromatic hydroxyl groups is 1. The Morgan fingerprint density at radius 1 is 1.18 bits per heavy atom. The van der Waals surface area contributed by atoms with Crippen molar-refractivity contribution in [3.05, 3.63) is 27.8 Å². The Balaban J connectivity index is 2.70. The molecular formula is C14H19NO2. The molecule has 1 aromatic rings. The largest absolute Gasteiger partial charge is 0.507 e. The van der Waals surface area contributed by atoms with Gasteiger partial charge in [0.25, 0.3) is 0 Å². The van der Waals surface area contributed by atoms with Gasteiger partial charge in [0.2, 0.25) is 0 Å². The van der Waals surface area contributed by atoms with Crippen molar-refractivity contribution in [2.75, 3.05) is 6.54 Å². The molecule has 1 aliphatic rings. The van der Waals surface area contributed by atoms with E-state index in [4.69, 9.17) is 5.73 Å². The van der Waals surface area contributed by atoms with Crippen molar-refractivity contribution in [3.63, 3.8) is 0 Å². The zero-order chi connectivity index (χ0) is 12.6. The van der Waals surface area contributed by atoms with Crippen LogP contribution in [0, 0.1) is 13.8 Å². The molecule has 1 aromatic carbocycles. The number of phenols is 1. The molecule has 0 spiro atoms. The van der Waals surface area contributed by atoms with Crippen LogP contribution in [0.1, 0.15) is 45.5 Å². The summed E-state index contributed by atoms with van der Waals surface area (Å²) in [6.45, 7) is 3.77. The van der Waals surface area contributed by atoms with E-state index in [1.54, 1.807) is 0 Å². The standard InChI is InChI=1S/C14H19NO2/c1-8-10-5-3-4-6-11(10)9(2)14(17)13(8)12(16)7-15/h17H,3-7,15H2,1-2H3. The van der Waals surface area contributed by atoms with Crippen molar-refractivity contribution in [1.82, 2.24) is 0 Å². The monoisotopic (exact) mass is 233 g/mol. The van der Waals surface area contributed by atoms with Crippen LogP contribution in [0.25, 0.3) is 0 Å². The third-order valence-corrected chi connectivity index (χ3v) is 3.80. The molecule has 92 valence electrons. The lowest BCUT2D eigenvalue weighted by atomic mass is 9.82. The maximum absolute atomic E-state index is 11.8. The molecule has 3 heteroatoms. The third-order valence-electron chi connectivity index (χ3n) is 3.80. The molecular weight excluding hydrogens is 214 g/mol. The summed E-state index contributed by atoms with van der Waals surface area (Å²) in [4.78, 5) is 11.8. The molecule has 17 heavy (non-hydrogen) atoms. The number of nitrogens with two attached hydrogens (primary N) is 1. The number of hydrogen-bond acceptors (Lipinski definition) is 3. The average Bonchev–Trinajstić information content (AvgIpc) is 2.36. The highest BCUT2D eigenvalue weighted by molar-refractivity contribution is 6.02. The molecule has 3 N–H and O–H groups in total. The summed E-state index contributed by atoms with van der Waals surface area (Å²) < 4.78 is 0. The predicted octanol–water partition coefficient (Wildman–Crippen LogP) is 2.03. The van der Waals surface area contributed by atoms with Crippen LogP contribution in [0.4, 0.5) is 0 Å². The molecule has 0 fully saturated rings. The van der Waals surface area contributed by atoms with E-state index < -0.39 is 0 Å². The first kappa shape index (κ1) is 12.1. The quantitative estimate of drug-likeness (QED) is 0.768. The second-order valence-electron chi connectivity index (χ2n) is 4.77. The number of Topliss-reactive ketones (excluding diaryl/α,β-unsaturated/α-hetero) is 1. The molecule has 1 aliphatic carbocycles. The molecule has 0 atom stereocenters. The van der Waals surface area contributed by atoms with E-state index in [1.807, 2.05) is 13.8 Å². The summed E-state index contributed by atoms with van der Waals surface area (Å²) in [7, 11) is 0. The lowest BCUT2D eigenvalue weighted by Gasteiger charge is -2.23. The number of fused-ring (bicyclic) bond motifs is 1. The van der Waals surface area contributed by atoms with Crippen molar-refractivity contribution < 1.29 is 9.90 Å². The number of phenolic OH excluding ortho intramolecular Hbond substituents is 1. The van der Waals surface area contributed by atoms with E-state index in [1.165, 1.54) is 11.1 Å². The SMILES string of the molecule is Cc1c(O)c(C(=O)CN)c(C)c2c1CCCC2. The van der Waals surface area contributed by atoms with Crippen LogP contribution in [0.2, 0.25) is 0 Å². The fourth-order valence-electron chi connectivity index (χ4n) is 2.84. The van der Waals surface area contributed by atoms with Crippen LogP contribution in [-0.4, -0.2) is 17.4 Å². The molecule has 0 radical (unpaired) electrons. The first-order chi connectivity index (χ1) is 8.07. The van der Waals surface area contributed by atoms with Gasteiger partial charge in [-0.2, -0.15) is 0 Å². The highest BCUT2D eigenvalue weighted by Gasteiger charge is 2.23. The molecule has 0 saturated heterocycles. The van der Waals surface area contributed by atoms with Gasteiger partial charge in [0, 0.05) is 0 Å². The molecule has 0 bridgehead atoms. The summed E-state index contributed by atoms with van der Waals surface area (Å²) in [5, 5.41) is 10.2. The number of ketones is 1. The van der Waals surface area contributed by atoms with E-state index in [0.29, 0.717) is 5.56 Å². The molecule has 0 unspecified atom stereocenters. The van der Waals surface area contributed by atoms with Crippen LogP contribution in [-0.2, 0) is 12.8 Å². The summed E-state index contributed by atoms with van der Waals surface area (Å²) in [6.07, 6.45) is 4.34. The summed E-state index contributed by atoms with van der Waals surface area (Å²) in [5.41, 5.74) is 10.1. The van der Waals surface area contributed by atoms with Crippen molar-refractivity contribution in [1.29, 1.82) is 0 Å². The molecule has 0 heterocycles. The fourth-order valence-corrected chi connectivity index (χ4v) is 2.84. The van der Waals surface area contributed by atoms with E-state index >= 15 is 0 Å². The van der Waals surface area contributed by atoms with Crippen molar-refractivity contribution in [2.24, 2.45) is 5.73 Å². The number of rotatable bonds is 2. The zero-order valence-corrected chi connectivity index (χ0v) is 10.5. The number of carbonyl (C=O) groups is 1. The van der Waals surface area contributed by atoms with Crippen molar-refractivity contribution >= 4 is 5.78 Å². The Kier molecular flexibility index (Phi) is 3.20. The highest BCUT2D eigenvalue weighted by atomic mass is 16.3. The molecule has 0 saturated carbocycles. The van der Waals surface area contributed by atoms with E-state index in [9.17, 15) is 9.90 Å². The number of hydrogen-bond donors (Lipinski definition) is 2. The molecule has 2 rings (SSSR count). The smallest absolute Gasteiger partial charge is 0.180 e. The lowest BCUT2D eigenvalue weighted by molar-refractivity contribution is 0.0998. The van der Waals surface area contributed by atoms with E-state index in [2.05, 4.69) is 0 Å². The van der Waals surface area contributed by atoms with Crippen LogP contribution >= 0.6 is 0 Å². The van der Waals surface area contributed by atoms with Crippen LogP contribution in [0.15, 0.2) is 0 Å². The van der Waals surface area contributed by atoms with Gasteiger partial charge in [-0.05, 0) is 61.8 Å². The average molecular weight is 233 g/mol. The van der Waals surface area contributed by atoms with Crippen LogP contribution in [0.5, 0.6) is 5.75 Å². The second kappa shape index (κ2) is 4.49. The molecule has 0 aliphatic heterocycles. The minimum Gasteiger partial charge on any atom is -0.507 e. The second-order valence-corrected chi connectivity index (χ2v) is 4.77. The van der Waals surface area contributed by atoms with Crippen LogP contribution in [0.3, 0.4) is 0 Å². The Bertz CT molecular complexity index is 478. The topological polar surface area (TPSA) is 63.3 Å². The van der Waals surface area contributed by atoms with Gasteiger partial charge in [-0.3, -0.25) is 4.79 Å². The van der Waals surface area contributed by atoms with E-state index in [0.717, 1.165) is 36.8 Å². The minimum atomic E-state index is -0.170. The van der Waals surface area contributed by atoms with Gasteiger partial charge in [0.15, 0.2) is 5.78 Å². The van der Waals surface area contributed by atoms with Gasteiger partial charge in [-0.1, -0.05) is 0 Å². The predicted molar refractivity (Wildman–Crippen MR) is 67.6 cm³/mol. The molecule has 0 aromatic heterocycles. The molecule has 0 amide bonds. The van der Waals surface area contributed by atoms with Gasteiger partial charge in [-0.25, -0.2) is 0 Å². The van der Waals surface area contributed by atoms with Gasteiger partial charge in [0.1, 0.15) is 5.75 Å². The molecule has 3 nitrogen and oxygen atoms in total. The number of benzene rings is 1. The van der Waals surface area contributed by atoms with Crippen molar-refractivity contribution in [2.45, 2.75) is 39.5 Å². The summed E-state index contributed by atoms with van der Waals surface area (Å²) in [6, 6.07) is 0. The Hall–Kier alpha value is -1.35. The first-order valence-electron chi connectivity index (χ1n) is 6.15. The maximum atomic E-state index is 11.8. The summed E-state index contributed by atoms with van der Waals surface area (Å²) >= 11 is 0. The van der Waals surface area contributed by atoms with E-state index in [-0.39, 0.29) is 18.1 Å². The Morgan fingerprint density at radius 3 is 2.24 bits per heavy atom. The Morgan fingerprint density at radius 2 is 1.71 bits per heavy atom. The van der Waals surface area contributed by atoms with Gasteiger partial charge >= 0.3 is 0 Å². The van der Waals surface area contributed by atoms with Crippen molar-refractivity contribution in [3.8, 4) is 5.75 Å². The van der Waals surface area contributed by atoms with Gasteiger partial charge < -0.3 is 10.8 Å². The third kappa shape index (κ3) is 1.84. The van der Waals surface area contributed by atoms with Crippen LogP contribution < -0.4 is 5.73 Å².